The van der Waals surface area contributed by atoms with Crippen LogP contribution in [0.2, 0.25) is 0 Å². The first kappa shape index (κ1) is 13.8. The van der Waals surface area contributed by atoms with Gasteiger partial charge in [0.05, 0.1) is 6.42 Å². The lowest BCUT2D eigenvalue weighted by Gasteiger charge is -2.22. The molecule has 0 aliphatic carbocycles. The van der Waals surface area contributed by atoms with E-state index in [1.165, 1.54) is 5.69 Å². The Balaban J connectivity index is 1.83. The van der Waals surface area contributed by atoms with Gasteiger partial charge in [-0.15, -0.1) is 0 Å². The Morgan fingerprint density at radius 3 is 3.14 bits per heavy atom. The number of rotatable bonds is 4. The number of likely N-dealkylation sites (N-methyl/N-ethyl adjacent to an activating group) is 1. The Morgan fingerprint density at radius 1 is 1.52 bits per heavy atom. The average molecular weight is 288 g/mol. The van der Waals surface area contributed by atoms with Crippen LogP contribution in [0.1, 0.15) is 36.6 Å². The number of aromatic nitrogens is 5. The third-order valence-electron chi connectivity index (χ3n) is 3.96. The molecule has 2 aromatic heterocycles. The Morgan fingerprint density at radius 2 is 2.38 bits per heavy atom. The zero-order chi connectivity index (χ0) is 14.8. The van der Waals surface area contributed by atoms with Crippen molar-refractivity contribution in [2.75, 3.05) is 7.05 Å². The molecule has 1 amide bonds. The third kappa shape index (κ3) is 2.68. The van der Waals surface area contributed by atoms with Crippen LogP contribution >= 0.6 is 0 Å². The molecule has 0 saturated carbocycles. The van der Waals surface area contributed by atoms with E-state index in [-0.39, 0.29) is 12.3 Å². The molecule has 1 unspecified atom stereocenters. The molecular weight excluding hydrogens is 268 g/mol. The smallest absolute Gasteiger partial charge is 0.227 e. The van der Waals surface area contributed by atoms with Gasteiger partial charge in [-0.05, 0) is 25.8 Å². The van der Waals surface area contributed by atoms with Gasteiger partial charge in [0, 0.05) is 37.9 Å². The van der Waals surface area contributed by atoms with Gasteiger partial charge in [-0.2, -0.15) is 10.2 Å². The monoisotopic (exact) mass is 288 g/mol. The van der Waals surface area contributed by atoms with Crippen molar-refractivity contribution in [3.8, 4) is 0 Å². The Kier molecular flexibility index (Phi) is 3.72. The summed E-state index contributed by atoms with van der Waals surface area (Å²) >= 11 is 0. The van der Waals surface area contributed by atoms with Gasteiger partial charge in [-0.3, -0.25) is 9.48 Å². The summed E-state index contributed by atoms with van der Waals surface area (Å²) < 4.78 is 3.98. The Labute approximate surface area is 123 Å². The summed E-state index contributed by atoms with van der Waals surface area (Å²) in [6.45, 7) is 3.73. The standard InChI is InChI=1S/C14H20N6O/c1-3-19-14(17-12(18-19)9-13(21)15-2)10-5-7-20-11(8-10)4-6-16-20/h4,6,10H,3,5,7-9H2,1-2H3,(H,15,21). The number of amides is 1. The third-order valence-corrected chi connectivity index (χ3v) is 3.96. The summed E-state index contributed by atoms with van der Waals surface area (Å²) in [6, 6.07) is 2.06. The topological polar surface area (TPSA) is 77.6 Å². The van der Waals surface area contributed by atoms with E-state index in [9.17, 15) is 4.79 Å². The SMILES string of the molecule is CCn1nc(CC(=O)NC)nc1C1CCn2nccc2C1. The van der Waals surface area contributed by atoms with Crippen molar-refractivity contribution in [1.29, 1.82) is 0 Å². The van der Waals surface area contributed by atoms with E-state index in [4.69, 9.17) is 0 Å². The zero-order valence-corrected chi connectivity index (χ0v) is 12.4. The highest BCUT2D eigenvalue weighted by Crippen LogP contribution is 2.28. The highest BCUT2D eigenvalue weighted by molar-refractivity contribution is 5.77. The Bertz CT molecular complexity index is 644. The van der Waals surface area contributed by atoms with Crippen LogP contribution in [0.3, 0.4) is 0 Å². The molecule has 7 nitrogen and oxygen atoms in total. The molecule has 1 aliphatic heterocycles. The molecule has 1 atom stereocenters. The van der Waals surface area contributed by atoms with E-state index in [0.717, 1.165) is 31.8 Å². The van der Waals surface area contributed by atoms with Crippen molar-refractivity contribution in [2.24, 2.45) is 0 Å². The molecule has 0 spiro atoms. The first-order valence-electron chi connectivity index (χ1n) is 7.36. The zero-order valence-electron chi connectivity index (χ0n) is 12.4. The van der Waals surface area contributed by atoms with Crippen LogP contribution in [0.25, 0.3) is 0 Å². The van der Waals surface area contributed by atoms with E-state index in [2.05, 4.69) is 38.2 Å². The van der Waals surface area contributed by atoms with Gasteiger partial charge in [-0.25, -0.2) is 9.67 Å². The summed E-state index contributed by atoms with van der Waals surface area (Å²) in [6.07, 6.45) is 4.02. The molecule has 0 fully saturated rings. The molecule has 0 aromatic carbocycles. The first-order chi connectivity index (χ1) is 10.2. The second-order valence-electron chi connectivity index (χ2n) is 5.29. The maximum atomic E-state index is 11.5. The minimum Gasteiger partial charge on any atom is -0.359 e. The van der Waals surface area contributed by atoms with Gasteiger partial charge >= 0.3 is 0 Å². The molecule has 7 heteroatoms. The van der Waals surface area contributed by atoms with Crippen molar-refractivity contribution < 1.29 is 4.79 Å². The predicted octanol–water partition coefficient (Wildman–Crippen LogP) is 0.513. The normalized spacial score (nSPS) is 17.5. The van der Waals surface area contributed by atoms with Crippen LogP contribution in [0.5, 0.6) is 0 Å². The average Bonchev–Trinajstić information content (AvgIpc) is 3.12. The molecule has 1 N–H and O–H groups in total. The number of aryl methyl sites for hydroxylation is 2. The molecule has 21 heavy (non-hydrogen) atoms. The summed E-state index contributed by atoms with van der Waals surface area (Å²) in [5.74, 6) is 1.88. The van der Waals surface area contributed by atoms with Crippen LogP contribution in [0, 0.1) is 0 Å². The quantitative estimate of drug-likeness (QED) is 0.889. The minimum atomic E-state index is -0.0588. The number of fused-ring (bicyclic) bond motifs is 1. The number of carbonyl (C=O) groups excluding carboxylic acids is 1. The number of carbonyl (C=O) groups is 1. The van der Waals surface area contributed by atoms with E-state index >= 15 is 0 Å². The maximum absolute atomic E-state index is 11.5. The van der Waals surface area contributed by atoms with Crippen molar-refractivity contribution in [1.82, 2.24) is 29.9 Å². The molecule has 1 aliphatic rings. The lowest BCUT2D eigenvalue weighted by atomic mass is 9.95. The van der Waals surface area contributed by atoms with Crippen LogP contribution in [-0.2, 0) is 30.7 Å². The Hall–Kier alpha value is -2.18. The molecule has 0 radical (unpaired) electrons. The fourth-order valence-electron chi connectivity index (χ4n) is 2.83. The summed E-state index contributed by atoms with van der Waals surface area (Å²) in [5, 5.41) is 11.4. The van der Waals surface area contributed by atoms with E-state index in [1.54, 1.807) is 7.05 Å². The van der Waals surface area contributed by atoms with Crippen molar-refractivity contribution in [2.45, 2.75) is 45.2 Å². The largest absolute Gasteiger partial charge is 0.359 e. The lowest BCUT2D eigenvalue weighted by molar-refractivity contribution is -0.120. The van der Waals surface area contributed by atoms with Crippen LogP contribution in [0.4, 0.5) is 0 Å². The van der Waals surface area contributed by atoms with Gasteiger partial charge in [0.25, 0.3) is 0 Å². The van der Waals surface area contributed by atoms with Crippen molar-refractivity contribution in [3.63, 3.8) is 0 Å². The first-order valence-corrected chi connectivity index (χ1v) is 7.36. The van der Waals surface area contributed by atoms with Gasteiger partial charge in [0.15, 0.2) is 5.82 Å². The van der Waals surface area contributed by atoms with Crippen LogP contribution in [0.15, 0.2) is 12.3 Å². The fourth-order valence-corrected chi connectivity index (χ4v) is 2.83. The van der Waals surface area contributed by atoms with Crippen LogP contribution in [-0.4, -0.2) is 37.5 Å². The molecular formula is C14H20N6O. The van der Waals surface area contributed by atoms with Gasteiger partial charge in [0.1, 0.15) is 5.82 Å². The van der Waals surface area contributed by atoms with Gasteiger partial charge in [-0.1, -0.05) is 0 Å². The lowest BCUT2D eigenvalue weighted by Crippen LogP contribution is -2.21. The summed E-state index contributed by atoms with van der Waals surface area (Å²) in [5.41, 5.74) is 1.24. The second-order valence-corrected chi connectivity index (χ2v) is 5.29. The molecule has 3 rings (SSSR count). The summed E-state index contributed by atoms with van der Waals surface area (Å²) in [7, 11) is 1.63. The highest BCUT2D eigenvalue weighted by atomic mass is 16.1. The summed E-state index contributed by atoms with van der Waals surface area (Å²) in [4.78, 5) is 16.1. The molecule has 3 heterocycles. The minimum absolute atomic E-state index is 0.0588. The number of nitrogens with one attached hydrogen (secondary N) is 1. The second kappa shape index (κ2) is 5.67. The van der Waals surface area contributed by atoms with E-state index in [0.29, 0.717) is 11.7 Å². The van der Waals surface area contributed by atoms with Gasteiger partial charge < -0.3 is 5.32 Å². The molecule has 0 saturated heterocycles. The van der Waals surface area contributed by atoms with Crippen LogP contribution < -0.4 is 5.32 Å². The fraction of sp³-hybridized carbons (Fsp3) is 0.571. The number of hydrogen-bond donors (Lipinski definition) is 1. The van der Waals surface area contributed by atoms with Crippen molar-refractivity contribution in [3.05, 3.63) is 29.6 Å². The molecule has 0 bridgehead atoms. The van der Waals surface area contributed by atoms with Crippen molar-refractivity contribution >= 4 is 5.91 Å². The van der Waals surface area contributed by atoms with E-state index < -0.39 is 0 Å². The number of nitrogens with zero attached hydrogens (tertiary/aromatic N) is 5. The maximum Gasteiger partial charge on any atom is 0.227 e. The van der Waals surface area contributed by atoms with Gasteiger partial charge in [0.2, 0.25) is 5.91 Å². The molecule has 112 valence electrons. The molecule has 2 aromatic rings. The highest BCUT2D eigenvalue weighted by Gasteiger charge is 2.25. The van der Waals surface area contributed by atoms with E-state index in [1.807, 2.05) is 10.9 Å². The predicted molar refractivity (Wildman–Crippen MR) is 76.8 cm³/mol. The number of hydrogen-bond acceptors (Lipinski definition) is 4.